The van der Waals surface area contributed by atoms with Crippen LogP contribution >= 0.6 is 9.90 Å². The predicted octanol–water partition coefficient (Wildman–Crippen LogP) is 1.76. The Kier molecular flexibility index (Phi) is 9.79. The second kappa shape index (κ2) is 9.16. The molecule has 1 unspecified atom stereocenters. The van der Waals surface area contributed by atoms with Gasteiger partial charge in [0.1, 0.15) is 5.75 Å². The predicted molar refractivity (Wildman–Crippen MR) is 62.2 cm³/mol. The topological polar surface area (TPSA) is 63.6 Å². The van der Waals surface area contributed by atoms with Crippen LogP contribution in [0.2, 0.25) is 0 Å². The SMILES string of the molecule is CC(=O)O.CC(=O)Oc1ccccc1.P. The Morgan fingerprint density at radius 2 is 1.53 bits per heavy atom. The Morgan fingerprint density at radius 1 is 1.13 bits per heavy atom. The maximum Gasteiger partial charge on any atom is 0.308 e. The molecule has 0 aromatic heterocycles. The van der Waals surface area contributed by atoms with Crippen LogP contribution in [0.25, 0.3) is 0 Å². The Morgan fingerprint density at radius 3 is 1.87 bits per heavy atom. The number of aliphatic carboxylic acids is 1. The van der Waals surface area contributed by atoms with Gasteiger partial charge >= 0.3 is 5.97 Å². The Labute approximate surface area is 91.9 Å². The molecule has 1 atom stereocenters. The van der Waals surface area contributed by atoms with Crippen molar-refractivity contribution in [1.29, 1.82) is 0 Å². The second-order valence-corrected chi connectivity index (χ2v) is 2.43. The first-order chi connectivity index (χ1) is 6.52. The Hall–Kier alpha value is -1.41. The lowest BCUT2D eigenvalue weighted by Crippen LogP contribution is -2.00. The van der Waals surface area contributed by atoms with Gasteiger partial charge in [0.2, 0.25) is 0 Å². The van der Waals surface area contributed by atoms with E-state index in [0.717, 1.165) is 6.92 Å². The first-order valence-corrected chi connectivity index (χ1v) is 3.95. The normalized spacial score (nSPS) is 7.60. The van der Waals surface area contributed by atoms with Gasteiger partial charge in [-0.1, -0.05) is 18.2 Å². The van der Waals surface area contributed by atoms with Gasteiger partial charge in [0.15, 0.2) is 0 Å². The molecule has 84 valence electrons. The average Bonchev–Trinajstić information content (AvgIpc) is 2.03. The molecule has 0 fully saturated rings. The third kappa shape index (κ3) is 12.6. The summed E-state index contributed by atoms with van der Waals surface area (Å²) in [6, 6.07) is 8.98. The van der Waals surface area contributed by atoms with E-state index in [0.29, 0.717) is 5.75 Å². The van der Waals surface area contributed by atoms with E-state index >= 15 is 0 Å². The molecule has 1 rings (SSSR count). The van der Waals surface area contributed by atoms with Crippen molar-refractivity contribution in [2.45, 2.75) is 13.8 Å². The average molecular weight is 230 g/mol. The van der Waals surface area contributed by atoms with Gasteiger partial charge in [-0.15, -0.1) is 0 Å². The zero-order valence-corrected chi connectivity index (χ0v) is 10.2. The van der Waals surface area contributed by atoms with Crippen LogP contribution in [0.3, 0.4) is 0 Å². The van der Waals surface area contributed by atoms with Crippen LogP contribution in [0.5, 0.6) is 5.75 Å². The van der Waals surface area contributed by atoms with E-state index in [1.807, 2.05) is 18.2 Å². The summed E-state index contributed by atoms with van der Waals surface area (Å²) in [5, 5.41) is 7.42. The van der Waals surface area contributed by atoms with Gasteiger partial charge in [-0.3, -0.25) is 9.59 Å². The summed E-state index contributed by atoms with van der Waals surface area (Å²) in [5.41, 5.74) is 0. The molecule has 0 bridgehead atoms. The van der Waals surface area contributed by atoms with Gasteiger partial charge in [-0.2, -0.15) is 9.90 Å². The van der Waals surface area contributed by atoms with Crippen LogP contribution in [0.4, 0.5) is 0 Å². The maximum absolute atomic E-state index is 10.4. The fourth-order valence-electron chi connectivity index (χ4n) is 0.655. The van der Waals surface area contributed by atoms with Gasteiger partial charge in [-0.05, 0) is 12.1 Å². The van der Waals surface area contributed by atoms with Crippen molar-refractivity contribution in [3.63, 3.8) is 0 Å². The summed E-state index contributed by atoms with van der Waals surface area (Å²) in [5.74, 6) is -0.527. The van der Waals surface area contributed by atoms with Crippen LogP contribution in [-0.4, -0.2) is 17.0 Å². The van der Waals surface area contributed by atoms with Gasteiger partial charge in [0.25, 0.3) is 5.97 Å². The van der Waals surface area contributed by atoms with Crippen molar-refractivity contribution in [2.75, 3.05) is 0 Å². The molecule has 0 saturated carbocycles. The Bertz CT molecular complexity index is 294. The molecule has 0 aliphatic rings. The minimum Gasteiger partial charge on any atom is -0.481 e. The fourth-order valence-corrected chi connectivity index (χ4v) is 0.655. The van der Waals surface area contributed by atoms with Crippen LogP contribution in [0.15, 0.2) is 30.3 Å². The first kappa shape index (κ1) is 16.0. The molecule has 5 heteroatoms. The summed E-state index contributed by atoms with van der Waals surface area (Å²) in [6.07, 6.45) is 0. The number of carbonyl (C=O) groups excluding carboxylic acids is 1. The Balaban J connectivity index is 0. The summed E-state index contributed by atoms with van der Waals surface area (Å²) >= 11 is 0. The molecule has 0 saturated heterocycles. The number of hydrogen-bond acceptors (Lipinski definition) is 3. The van der Waals surface area contributed by atoms with Gasteiger partial charge < -0.3 is 9.84 Å². The lowest BCUT2D eigenvalue weighted by Gasteiger charge is -1.97. The third-order valence-electron chi connectivity index (χ3n) is 1.00. The highest BCUT2D eigenvalue weighted by molar-refractivity contribution is 6.92. The van der Waals surface area contributed by atoms with E-state index in [-0.39, 0.29) is 15.9 Å². The van der Waals surface area contributed by atoms with Crippen molar-refractivity contribution >= 4 is 21.8 Å². The molecular weight excluding hydrogens is 215 g/mol. The minimum atomic E-state index is -0.833. The number of para-hydroxylation sites is 1. The smallest absolute Gasteiger partial charge is 0.308 e. The standard InChI is InChI=1S/C8H8O2.C2H4O2.H3P/c1-7(9)10-8-5-3-2-4-6-8;1-2(3)4;/h2-6H,1H3;1H3,(H,3,4);1H3. The number of hydrogen-bond donors (Lipinski definition) is 1. The van der Waals surface area contributed by atoms with Gasteiger partial charge in [0, 0.05) is 13.8 Å². The molecule has 0 aliphatic carbocycles. The molecular formula is C10H15O4P. The van der Waals surface area contributed by atoms with Crippen LogP contribution in [-0.2, 0) is 9.59 Å². The van der Waals surface area contributed by atoms with E-state index in [1.165, 1.54) is 6.92 Å². The molecule has 0 heterocycles. The molecule has 0 aliphatic heterocycles. The number of ether oxygens (including phenoxy) is 1. The van der Waals surface area contributed by atoms with Gasteiger partial charge in [0.05, 0.1) is 0 Å². The number of rotatable bonds is 1. The number of benzene rings is 1. The quantitative estimate of drug-likeness (QED) is 0.453. The van der Waals surface area contributed by atoms with Crippen molar-refractivity contribution in [3.8, 4) is 5.75 Å². The summed E-state index contributed by atoms with van der Waals surface area (Å²) in [4.78, 5) is 19.4. The van der Waals surface area contributed by atoms with Crippen LogP contribution in [0.1, 0.15) is 13.8 Å². The van der Waals surface area contributed by atoms with Crippen molar-refractivity contribution in [1.82, 2.24) is 0 Å². The minimum absolute atomic E-state index is 0. The van der Waals surface area contributed by atoms with E-state index in [4.69, 9.17) is 14.6 Å². The highest BCUT2D eigenvalue weighted by atomic mass is 31.0. The van der Waals surface area contributed by atoms with E-state index in [9.17, 15) is 4.79 Å². The van der Waals surface area contributed by atoms with E-state index < -0.39 is 5.97 Å². The molecule has 0 spiro atoms. The van der Waals surface area contributed by atoms with Crippen molar-refractivity contribution in [3.05, 3.63) is 30.3 Å². The van der Waals surface area contributed by atoms with Crippen molar-refractivity contribution in [2.24, 2.45) is 0 Å². The van der Waals surface area contributed by atoms with Crippen LogP contribution in [0, 0.1) is 0 Å². The number of carbonyl (C=O) groups is 2. The summed E-state index contributed by atoms with van der Waals surface area (Å²) in [6.45, 7) is 2.47. The number of carboxylic acids is 1. The third-order valence-corrected chi connectivity index (χ3v) is 1.00. The van der Waals surface area contributed by atoms with Crippen molar-refractivity contribution < 1.29 is 19.4 Å². The second-order valence-electron chi connectivity index (χ2n) is 2.43. The highest BCUT2D eigenvalue weighted by Gasteiger charge is 1.92. The molecule has 1 aromatic carbocycles. The highest BCUT2D eigenvalue weighted by Crippen LogP contribution is 2.07. The van der Waals surface area contributed by atoms with Gasteiger partial charge in [-0.25, -0.2) is 0 Å². The molecule has 1 N–H and O–H groups in total. The molecule has 0 radical (unpaired) electrons. The number of esters is 1. The largest absolute Gasteiger partial charge is 0.481 e. The lowest BCUT2D eigenvalue weighted by molar-refractivity contribution is -0.134. The molecule has 0 amide bonds. The zero-order chi connectivity index (χ0) is 11.0. The number of carboxylic acid groups (broad SMARTS) is 1. The molecule has 15 heavy (non-hydrogen) atoms. The summed E-state index contributed by atoms with van der Waals surface area (Å²) < 4.78 is 4.78. The monoisotopic (exact) mass is 230 g/mol. The molecule has 1 aromatic rings. The van der Waals surface area contributed by atoms with E-state index in [1.54, 1.807) is 12.1 Å². The first-order valence-electron chi connectivity index (χ1n) is 3.95. The van der Waals surface area contributed by atoms with E-state index in [2.05, 4.69) is 0 Å². The lowest BCUT2D eigenvalue weighted by atomic mass is 10.3. The summed E-state index contributed by atoms with van der Waals surface area (Å²) in [7, 11) is 0. The van der Waals surface area contributed by atoms with Crippen LogP contribution < -0.4 is 4.74 Å². The molecule has 4 nitrogen and oxygen atoms in total. The fraction of sp³-hybridized carbons (Fsp3) is 0.200. The maximum atomic E-state index is 10.4. The zero-order valence-electron chi connectivity index (χ0n) is 8.77.